The van der Waals surface area contributed by atoms with Crippen LogP contribution >= 0.6 is 0 Å². The Bertz CT molecular complexity index is 669. The normalized spacial score (nSPS) is 19.6. The quantitative estimate of drug-likeness (QED) is 0.384. The Labute approximate surface area is 197 Å². The van der Waals surface area contributed by atoms with Crippen molar-refractivity contribution in [2.24, 2.45) is 11.3 Å². The summed E-state index contributed by atoms with van der Waals surface area (Å²) in [5.41, 5.74) is 3.08. The molecule has 2 atom stereocenters. The smallest absolute Gasteiger partial charge is 1.00 e. The van der Waals surface area contributed by atoms with Gasteiger partial charge in [-0.1, -0.05) is 67.6 Å². The summed E-state index contributed by atoms with van der Waals surface area (Å²) in [4.78, 5) is 0. The van der Waals surface area contributed by atoms with Crippen LogP contribution in [0.4, 0.5) is 0 Å². The van der Waals surface area contributed by atoms with Crippen LogP contribution in [0, 0.1) is 11.3 Å². The first-order valence-electron chi connectivity index (χ1n) is 9.16. The molecular formula is C22H30Cl2OSiZr. The van der Waals surface area contributed by atoms with Crippen molar-refractivity contribution in [2.45, 2.75) is 45.3 Å². The minimum atomic E-state index is -1.42. The van der Waals surface area contributed by atoms with Gasteiger partial charge in [-0.3, -0.25) is 0 Å². The number of hydrogen-bond donors (Lipinski definition) is 0. The number of halogens is 2. The van der Waals surface area contributed by atoms with Gasteiger partial charge in [-0.05, 0) is 49.0 Å². The zero-order chi connectivity index (χ0) is 17.2. The van der Waals surface area contributed by atoms with Gasteiger partial charge in [0.25, 0.3) is 0 Å². The summed E-state index contributed by atoms with van der Waals surface area (Å²) >= 11 is 0. The molecule has 2 unspecified atom stereocenters. The number of benzene rings is 1. The van der Waals surface area contributed by atoms with Gasteiger partial charge in [0, 0.05) is 18.4 Å². The molecule has 1 aromatic rings. The topological polar surface area (TPSA) is 9.23 Å². The number of fused-ring (bicyclic) bond motifs is 1. The average Bonchev–Trinajstić information content (AvgIpc) is 3.20. The fraction of sp³-hybridized carbons (Fsp3) is 0.455. The molecule has 0 aromatic heterocycles. The predicted octanol–water partition coefficient (Wildman–Crippen LogP) is 0.183. The van der Waals surface area contributed by atoms with Gasteiger partial charge in [0.15, 0.2) is 8.32 Å². The van der Waals surface area contributed by atoms with Crippen LogP contribution in [-0.4, -0.2) is 14.9 Å². The van der Waals surface area contributed by atoms with E-state index in [1.807, 2.05) is 0 Å². The molecule has 0 aliphatic heterocycles. The molecule has 0 heterocycles. The molecule has 0 bridgehead atoms. The molecule has 1 aromatic carbocycles. The number of hydrogen-bond acceptors (Lipinski definition) is 1. The summed E-state index contributed by atoms with van der Waals surface area (Å²) < 4.78 is 6.10. The second-order valence-electron chi connectivity index (χ2n) is 8.33. The van der Waals surface area contributed by atoms with Crippen molar-refractivity contribution in [2.75, 3.05) is 6.61 Å². The second-order valence-corrected chi connectivity index (χ2v) is 12.8. The molecule has 0 radical (unpaired) electrons. The Balaban J connectivity index is 0.00000225. The van der Waals surface area contributed by atoms with Crippen molar-refractivity contribution in [1.29, 1.82) is 0 Å². The van der Waals surface area contributed by atoms with Crippen molar-refractivity contribution < 1.29 is 55.4 Å². The molecular weight excluding hydrogens is 470 g/mol. The first kappa shape index (κ1) is 27.1. The van der Waals surface area contributed by atoms with Crippen LogP contribution in [0.2, 0.25) is 19.6 Å². The summed E-state index contributed by atoms with van der Waals surface area (Å²) in [6, 6.07) is 8.86. The molecule has 0 amide bonds. The van der Waals surface area contributed by atoms with Crippen LogP contribution < -0.4 is 24.8 Å². The Morgan fingerprint density at radius 3 is 2.26 bits per heavy atom. The summed E-state index contributed by atoms with van der Waals surface area (Å²) in [6.45, 7) is 10.2. The fourth-order valence-electron chi connectivity index (χ4n) is 4.06. The minimum absolute atomic E-state index is 0. The van der Waals surface area contributed by atoms with Crippen LogP contribution in [0.1, 0.15) is 36.8 Å². The number of rotatable bonds is 7. The zero-order valence-electron chi connectivity index (χ0n) is 16.7. The van der Waals surface area contributed by atoms with Crippen molar-refractivity contribution in [3.05, 3.63) is 65.8 Å². The van der Waals surface area contributed by atoms with Crippen LogP contribution in [0.15, 0.2) is 54.6 Å². The van der Waals surface area contributed by atoms with E-state index < -0.39 is 8.32 Å². The Kier molecular flexibility index (Phi) is 11.3. The molecule has 5 heteroatoms. The van der Waals surface area contributed by atoms with E-state index in [-0.39, 0.29) is 56.4 Å². The van der Waals surface area contributed by atoms with E-state index in [9.17, 15) is 0 Å². The standard InChI is InChI=1S/C22H30OSi.2ClH.Zr/c1-22(19-11-6-7-12-19,16-9-17-23-24(2,3)4)21-15-14-18-10-5-8-13-20(18)21;;;/h5-8,10-15,19,21H,9,16-17H2,1-4H3;2*1H;/q;;;+2/p-2. The van der Waals surface area contributed by atoms with Gasteiger partial charge < -0.3 is 29.2 Å². The van der Waals surface area contributed by atoms with Gasteiger partial charge in [-0.2, -0.15) is 0 Å². The predicted molar refractivity (Wildman–Crippen MR) is 107 cm³/mol. The third-order valence-corrected chi connectivity index (χ3v) is 6.48. The maximum Gasteiger partial charge on any atom is 2.00 e. The largest absolute Gasteiger partial charge is 2.00 e. The molecule has 1 nitrogen and oxygen atoms in total. The fourth-order valence-corrected chi connectivity index (χ4v) is 4.81. The van der Waals surface area contributed by atoms with Crippen molar-refractivity contribution in [3.8, 4) is 0 Å². The maximum absolute atomic E-state index is 6.10. The van der Waals surface area contributed by atoms with E-state index in [0.717, 1.165) is 13.0 Å². The van der Waals surface area contributed by atoms with E-state index in [4.69, 9.17) is 4.43 Å². The Morgan fingerprint density at radius 2 is 1.63 bits per heavy atom. The molecule has 0 N–H and O–H groups in total. The minimum Gasteiger partial charge on any atom is -1.00 e. The van der Waals surface area contributed by atoms with E-state index in [0.29, 0.717) is 11.8 Å². The van der Waals surface area contributed by atoms with Gasteiger partial charge in [0.1, 0.15) is 0 Å². The van der Waals surface area contributed by atoms with Crippen LogP contribution in [0.25, 0.3) is 6.08 Å². The molecule has 0 saturated heterocycles. The van der Waals surface area contributed by atoms with E-state index in [1.165, 1.54) is 17.5 Å². The SMILES string of the molecule is CC(CCCO[Si](C)(C)C)(C1C=CC=C1)C1C=Cc2ccccc21.[Cl-].[Cl-].[Zr+2]. The van der Waals surface area contributed by atoms with Gasteiger partial charge in [0.05, 0.1) is 0 Å². The van der Waals surface area contributed by atoms with Gasteiger partial charge in [0.2, 0.25) is 0 Å². The summed E-state index contributed by atoms with van der Waals surface area (Å²) in [5, 5.41) is 0. The van der Waals surface area contributed by atoms with Crippen molar-refractivity contribution in [3.63, 3.8) is 0 Å². The van der Waals surface area contributed by atoms with Crippen molar-refractivity contribution >= 4 is 14.4 Å². The molecule has 0 spiro atoms. The third kappa shape index (κ3) is 6.54. The van der Waals surface area contributed by atoms with Gasteiger partial charge in [-0.15, -0.1) is 0 Å². The van der Waals surface area contributed by atoms with E-state index in [2.05, 4.69) is 87.3 Å². The molecule has 146 valence electrons. The molecule has 2 aliphatic rings. The third-order valence-electron chi connectivity index (χ3n) is 5.41. The second kappa shape index (κ2) is 11.3. The monoisotopic (exact) mass is 498 g/mol. The van der Waals surface area contributed by atoms with E-state index >= 15 is 0 Å². The Morgan fingerprint density at radius 1 is 1.00 bits per heavy atom. The molecule has 0 fully saturated rings. The van der Waals surface area contributed by atoms with E-state index in [1.54, 1.807) is 0 Å². The number of allylic oxidation sites excluding steroid dienone is 5. The van der Waals surface area contributed by atoms with Crippen LogP contribution in [-0.2, 0) is 30.6 Å². The molecule has 27 heavy (non-hydrogen) atoms. The average molecular weight is 501 g/mol. The molecule has 2 aliphatic carbocycles. The summed E-state index contributed by atoms with van der Waals surface area (Å²) in [6.07, 6.45) is 16.2. The first-order valence-corrected chi connectivity index (χ1v) is 12.6. The Hall–Kier alpha value is 0.0800. The molecule has 3 rings (SSSR count). The van der Waals surface area contributed by atoms with Crippen LogP contribution in [0.3, 0.4) is 0 Å². The molecule has 0 saturated carbocycles. The summed E-state index contributed by atoms with van der Waals surface area (Å²) in [7, 11) is -1.42. The maximum atomic E-state index is 6.10. The first-order chi connectivity index (χ1) is 11.4. The van der Waals surface area contributed by atoms with Gasteiger partial charge in [-0.25, -0.2) is 0 Å². The van der Waals surface area contributed by atoms with Crippen LogP contribution in [0.5, 0.6) is 0 Å². The summed E-state index contributed by atoms with van der Waals surface area (Å²) in [5.74, 6) is 0.989. The van der Waals surface area contributed by atoms with Gasteiger partial charge >= 0.3 is 26.2 Å². The van der Waals surface area contributed by atoms with Crippen molar-refractivity contribution in [1.82, 2.24) is 0 Å². The zero-order valence-corrected chi connectivity index (χ0v) is 21.7.